The van der Waals surface area contributed by atoms with Crippen LogP contribution in [-0.4, -0.2) is 30.4 Å². The molecule has 1 atom stereocenters. The van der Waals surface area contributed by atoms with Crippen LogP contribution in [0.2, 0.25) is 0 Å². The Labute approximate surface area is 171 Å². The van der Waals surface area contributed by atoms with Gasteiger partial charge in [-0.05, 0) is 30.7 Å². The number of rotatable bonds is 7. The fourth-order valence-corrected chi connectivity index (χ4v) is 2.71. The molecule has 6 nitrogen and oxygen atoms in total. The second-order valence-electron chi connectivity index (χ2n) is 6.79. The van der Waals surface area contributed by atoms with Gasteiger partial charge in [-0.3, -0.25) is 14.4 Å². The van der Waals surface area contributed by atoms with Crippen molar-refractivity contribution in [2.24, 2.45) is 0 Å². The van der Waals surface area contributed by atoms with Gasteiger partial charge in [0.05, 0.1) is 12.5 Å². The topological polar surface area (TPSA) is 87.3 Å². The third-order valence-electron chi connectivity index (χ3n) is 4.10. The van der Waals surface area contributed by atoms with E-state index in [-0.39, 0.29) is 23.6 Å². The fraction of sp³-hybridized carbons (Fsp3) is 0.286. The molecule has 3 amide bonds. The van der Waals surface area contributed by atoms with Crippen LogP contribution < -0.4 is 16.0 Å². The van der Waals surface area contributed by atoms with Crippen molar-refractivity contribution in [1.29, 1.82) is 0 Å². The van der Waals surface area contributed by atoms with Crippen LogP contribution in [0, 0.1) is 6.92 Å². The first-order chi connectivity index (χ1) is 14.0. The van der Waals surface area contributed by atoms with Gasteiger partial charge in [0.1, 0.15) is 6.54 Å². The summed E-state index contributed by atoms with van der Waals surface area (Å²) in [6, 6.07) is 12.4. The van der Waals surface area contributed by atoms with Crippen LogP contribution in [0.15, 0.2) is 48.5 Å². The molecule has 2 rings (SSSR count). The number of amides is 3. The molecule has 0 aromatic heterocycles. The summed E-state index contributed by atoms with van der Waals surface area (Å²) < 4.78 is 36.8. The maximum absolute atomic E-state index is 12.5. The fourth-order valence-electron chi connectivity index (χ4n) is 2.71. The zero-order valence-corrected chi connectivity index (χ0v) is 16.5. The van der Waals surface area contributed by atoms with Crippen molar-refractivity contribution in [3.8, 4) is 0 Å². The molecule has 3 N–H and O–H groups in total. The number of alkyl halides is 3. The molecule has 0 bridgehead atoms. The van der Waals surface area contributed by atoms with Gasteiger partial charge in [-0.1, -0.05) is 35.9 Å². The van der Waals surface area contributed by atoms with Gasteiger partial charge >= 0.3 is 6.18 Å². The number of hydrogen-bond acceptors (Lipinski definition) is 3. The Hall–Kier alpha value is -3.36. The molecule has 160 valence electrons. The van der Waals surface area contributed by atoms with E-state index in [4.69, 9.17) is 0 Å². The number of carbonyl (C=O) groups excluding carboxylic acids is 3. The van der Waals surface area contributed by atoms with Gasteiger partial charge in [0.2, 0.25) is 11.8 Å². The van der Waals surface area contributed by atoms with Crippen molar-refractivity contribution in [3.63, 3.8) is 0 Å². The molecule has 1 unspecified atom stereocenters. The maximum atomic E-state index is 12.5. The standard InChI is InChI=1S/C21H22F3N3O3/c1-13-6-8-15(9-7-13)18(26-14(2)28)11-19(29)27-17-5-3-4-16(10-17)20(30)25-12-21(22,23)24/h3-10,18H,11-12H2,1-2H3,(H,25,30)(H,26,28)(H,27,29). The Morgan fingerprint density at radius 3 is 2.30 bits per heavy atom. The minimum absolute atomic E-state index is 0.0194. The van der Waals surface area contributed by atoms with Crippen LogP contribution in [-0.2, 0) is 9.59 Å². The smallest absolute Gasteiger partial charge is 0.349 e. The van der Waals surface area contributed by atoms with Crippen molar-refractivity contribution in [3.05, 3.63) is 65.2 Å². The van der Waals surface area contributed by atoms with Crippen LogP contribution >= 0.6 is 0 Å². The Bertz CT molecular complexity index is 912. The SMILES string of the molecule is CC(=O)NC(CC(=O)Nc1cccc(C(=O)NCC(F)(F)F)c1)c1ccc(C)cc1. The van der Waals surface area contributed by atoms with Crippen molar-refractivity contribution in [1.82, 2.24) is 10.6 Å². The number of aryl methyl sites for hydroxylation is 1. The minimum atomic E-state index is -4.52. The summed E-state index contributed by atoms with van der Waals surface area (Å²) in [4.78, 5) is 35.9. The number of carbonyl (C=O) groups is 3. The molecule has 0 saturated carbocycles. The molecule has 0 saturated heterocycles. The van der Waals surface area contributed by atoms with Crippen molar-refractivity contribution in [2.75, 3.05) is 11.9 Å². The van der Waals surface area contributed by atoms with Crippen LogP contribution in [0.1, 0.15) is 40.9 Å². The summed E-state index contributed by atoms with van der Waals surface area (Å²) in [5.41, 5.74) is 2.02. The summed E-state index contributed by atoms with van der Waals surface area (Å²) in [6.07, 6.45) is -4.58. The summed E-state index contributed by atoms with van der Waals surface area (Å²) in [5, 5.41) is 7.10. The predicted molar refractivity (Wildman–Crippen MR) is 106 cm³/mol. The molecule has 0 aliphatic rings. The quantitative estimate of drug-likeness (QED) is 0.640. The van der Waals surface area contributed by atoms with E-state index in [2.05, 4.69) is 10.6 Å². The lowest BCUT2D eigenvalue weighted by molar-refractivity contribution is -0.123. The molecular formula is C21H22F3N3O3. The van der Waals surface area contributed by atoms with E-state index in [0.717, 1.165) is 11.1 Å². The van der Waals surface area contributed by atoms with Gasteiger partial charge < -0.3 is 16.0 Å². The first kappa shape index (κ1) is 22.9. The lowest BCUT2D eigenvalue weighted by Crippen LogP contribution is -2.33. The Morgan fingerprint density at radius 2 is 1.70 bits per heavy atom. The van der Waals surface area contributed by atoms with Crippen LogP contribution in [0.3, 0.4) is 0 Å². The molecule has 0 fully saturated rings. The highest BCUT2D eigenvalue weighted by Crippen LogP contribution is 2.19. The molecular weight excluding hydrogens is 399 g/mol. The van der Waals surface area contributed by atoms with Crippen LogP contribution in [0.5, 0.6) is 0 Å². The first-order valence-corrected chi connectivity index (χ1v) is 9.12. The lowest BCUT2D eigenvalue weighted by atomic mass is 10.0. The number of anilines is 1. The Morgan fingerprint density at radius 1 is 1.03 bits per heavy atom. The van der Waals surface area contributed by atoms with E-state index in [1.807, 2.05) is 31.2 Å². The Kier molecular flexibility index (Phi) is 7.57. The highest BCUT2D eigenvalue weighted by Gasteiger charge is 2.28. The summed E-state index contributed by atoms with van der Waals surface area (Å²) in [6.45, 7) is 1.82. The monoisotopic (exact) mass is 421 g/mol. The third kappa shape index (κ3) is 7.57. The summed E-state index contributed by atoms with van der Waals surface area (Å²) >= 11 is 0. The molecule has 0 spiro atoms. The van der Waals surface area contributed by atoms with E-state index < -0.39 is 30.6 Å². The van der Waals surface area contributed by atoms with E-state index in [9.17, 15) is 27.6 Å². The van der Waals surface area contributed by atoms with E-state index in [1.165, 1.54) is 31.2 Å². The Balaban J connectivity index is 2.05. The van der Waals surface area contributed by atoms with Crippen LogP contribution in [0.4, 0.5) is 18.9 Å². The van der Waals surface area contributed by atoms with Gasteiger partial charge in [-0.2, -0.15) is 13.2 Å². The molecule has 0 aliphatic heterocycles. The van der Waals surface area contributed by atoms with Gasteiger partial charge in [-0.15, -0.1) is 0 Å². The zero-order chi connectivity index (χ0) is 22.3. The van der Waals surface area contributed by atoms with Gasteiger partial charge in [0.25, 0.3) is 5.91 Å². The van der Waals surface area contributed by atoms with Gasteiger partial charge in [-0.25, -0.2) is 0 Å². The molecule has 30 heavy (non-hydrogen) atoms. The van der Waals surface area contributed by atoms with Crippen LogP contribution in [0.25, 0.3) is 0 Å². The normalized spacial score (nSPS) is 12.0. The molecule has 0 aliphatic carbocycles. The third-order valence-corrected chi connectivity index (χ3v) is 4.10. The summed E-state index contributed by atoms with van der Waals surface area (Å²) in [7, 11) is 0. The van der Waals surface area contributed by atoms with Gasteiger partial charge in [0.15, 0.2) is 0 Å². The zero-order valence-electron chi connectivity index (χ0n) is 16.5. The number of nitrogens with one attached hydrogen (secondary N) is 3. The van der Waals surface area contributed by atoms with Crippen molar-refractivity contribution >= 4 is 23.4 Å². The maximum Gasteiger partial charge on any atom is 0.405 e. The summed E-state index contributed by atoms with van der Waals surface area (Å²) in [5.74, 6) is -1.63. The lowest BCUT2D eigenvalue weighted by Gasteiger charge is -2.18. The molecule has 9 heteroatoms. The molecule has 0 radical (unpaired) electrons. The highest BCUT2D eigenvalue weighted by molar-refractivity contribution is 5.97. The van der Waals surface area contributed by atoms with Crippen molar-refractivity contribution in [2.45, 2.75) is 32.5 Å². The van der Waals surface area contributed by atoms with Crippen molar-refractivity contribution < 1.29 is 27.6 Å². The predicted octanol–water partition coefficient (Wildman–Crippen LogP) is 3.49. The van der Waals surface area contributed by atoms with Gasteiger partial charge in [0, 0.05) is 18.2 Å². The number of halogens is 3. The second kappa shape index (κ2) is 9.91. The minimum Gasteiger partial charge on any atom is -0.349 e. The highest BCUT2D eigenvalue weighted by atomic mass is 19.4. The van der Waals surface area contributed by atoms with E-state index in [0.29, 0.717) is 0 Å². The number of hydrogen-bond donors (Lipinski definition) is 3. The second-order valence-corrected chi connectivity index (χ2v) is 6.79. The molecule has 2 aromatic rings. The van der Waals surface area contributed by atoms with E-state index in [1.54, 1.807) is 5.32 Å². The molecule has 2 aromatic carbocycles. The average Bonchev–Trinajstić information content (AvgIpc) is 2.65. The average molecular weight is 421 g/mol. The molecule has 0 heterocycles. The van der Waals surface area contributed by atoms with E-state index >= 15 is 0 Å². The number of benzene rings is 2. The first-order valence-electron chi connectivity index (χ1n) is 9.12. The largest absolute Gasteiger partial charge is 0.405 e.